The molecular weight excluding hydrogens is 294 g/mol. The molecule has 0 bridgehead atoms. The van der Waals surface area contributed by atoms with Crippen LogP contribution in [0.2, 0.25) is 0 Å². The molecule has 0 spiro atoms. The molecule has 1 N–H and O–H groups in total. The number of aromatic nitrogens is 4. The van der Waals surface area contributed by atoms with Gasteiger partial charge in [-0.1, -0.05) is 12.1 Å². The smallest absolute Gasteiger partial charge is 0.253 e. The first kappa shape index (κ1) is 13.8. The molecule has 1 aliphatic rings. The van der Waals surface area contributed by atoms with E-state index in [-0.39, 0.29) is 11.9 Å². The average Bonchev–Trinajstić information content (AvgIpc) is 2.94. The summed E-state index contributed by atoms with van der Waals surface area (Å²) >= 11 is 0. The van der Waals surface area contributed by atoms with Gasteiger partial charge in [0, 0.05) is 0 Å². The third-order valence-electron chi connectivity index (χ3n) is 3.91. The van der Waals surface area contributed by atoms with Crippen LogP contribution < -0.4 is 5.32 Å². The molecule has 1 saturated heterocycles. The highest BCUT2D eigenvalue weighted by Crippen LogP contribution is 2.23. The van der Waals surface area contributed by atoms with Gasteiger partial charge in [-0.3, -0.25) is 9.36 Å². The van der Waals surface area contributed by atoms with E-state index in [0.717, 1.165) is 11.3 Å². The molecular formula is C16H15N5O2. The normalized spacial score (nSPS) is 14.7. The number of hydrogen-bond donors (Lipinski definition) is 1. The Morgan fingerprint density at radius 2 is 2.22 bits per heavy atom. The summed E-state index contributed by atoms with van der Waals surface area (Å²) in [5.74, 6) is -0.118. The molecule has 0 radical (unpaired) electrons. The van der Waals surface area contributed by atoms with E-state index in [0.29, 0.717) is 29.9 Å². The maximum Gasteiger partial charge on any atom is 0.253 e. The van der Waals surface area contributed by atoms with Crippen LogP contribution in [-0.2, 0) is 4.74 Å². The molecule has 7 heteroatoms. The van der Waals surface area contributed by atoms with Gasteiger partial charge in [0.25, 0.3) is 5.91 Å². The molecule has 2 aromatic heterocycles. The molecule has 0 unspecified atom stereocenters. The molecule has 1 fully saturated rings. The third-order valence-corrected chi connectivity index (χ3v) is 3.91. The van der Waals surface area contributed by atoms with E-state index < -0.39 is 0 Å². The summed E-state index contributed by atoms with van der Waals surface area (Å²) < 4.78 is 6.94. The average molecular weight is 309 g/mol. The van der Waals surface area contributed by atoms with Crippen molar-refractivity contribution in [3.8, 4) is 5.69 Å². The first-order valence-electron chi connectivity index (χ1n) is 7.35. The number of fused-ring (bicyclic) bond motifs is 1. The Morgan fingerprint density at radius 1 is 1.35 bits per heavy atom. The lowest BCUT2D eigenvalue weighted by molar-refractivity contribution is -0.00346. The summed E-state index contributed by atoms with van der Waals surface area (Å²) in [5.41, 5.74) is 3.71. The van der Waals surface area contributed by atoms with Crippen LogP contribution in [0.5, 0.6) is 0 Å². The Morgan fingerprint density at radius 3 is 3.00 bits per heavy atom. The highest BCUT2D eigenvalue weighted by atomic mass is 16.5. The van der Waals surface area contributed by atoms with Crippen LogP contribution >= 0.6 is 0 Å². The molecule has 3 heterocycles. The summed E-state index contributed by atoms with van der Waals surface area (Å²) in [6.07, 6.45) is 4.80. The number of para-hydroxylation sites is 1. The minimum atomic E-state index is -0.118. The van der Waals surface area contributed by atoms with Crippen molar-refractivity contribution in [2.24, 2.45) is 0 Å². The predicted molar refractivity (Wildman–Crippen MR) is 83.5 cm³/mol. The van der Waals surface area contributed by atoms with Gasteiger partial charge in [-0.05, 0) is 18.6 Å². The zero-order valence-corrected chi connectivity index (χ0v) is 12.6. The minimum absolute atomic E-state index is 0.0812. The van der Waals surface area contributed by atoms with Gasteiger partial charge >= 0.3 is 0 Å². The predicted octanol–water partition coefficient (Wildman–Crippen LogP) is 1.25. The number of nitrogens with one attached hydrogen (secondary N) is 1. The fourth-order valence-electron chi connectivity index (χ4n) is 2.67. The molecule has 116 valence electrons. The van der Waals surface area contributed by atoms with Gasteiger partial charge in [-0.25, -0.2) is 15.0 Å². The van der Waals surface area contributed by atoms with E-state index in [1.54, 1.807) is 12.5 Å². The van der Waals surface area contributed by atoms with Gasteiger partial charge in [0.05, 0.1) is 36.7 Å². The molecule has 0 atom stereocenters. The number of nitrogens with zero attached hydrogens (tertiary/aromatic N) is 4. The number of imidazole rings is 1. The van der Waals surface area contributed by atoms with Crippen LogP contribution in [0.1, 0.15) is 15.9 Å². The highest BCUT2D eigenvalue weighted by Gasteiger charge is 2.23. The van der Waals surface area contributed by atoms with Gasteiger partial charge in [0.1, 0.15) is 18.2 Å². The molecule has 1 aromatic carbocycles. The van der Waals surface area contributed by atoms with E-state index in [1.807, 2.05) is 29.7 Å². The number of ether oxygens (including phenoxy) is 1. The second-order valence-electron chi connectivity index (χ2n) is 5.53. The van der Waals surface area contributed by atoms with Gasteiger partial charge in [0.2, 0.25) is 0 Å². The second kappa shape index (κ2) is 5.44. The first-order chi connectivity index (χ1) is 11.2. The maximum atomic E-state index is 12.6. The fraction of sp³-hybridized carbons (Fsp3) is 0.250. The number of benzene rings is 1. The van der Waals surface area contributed by atoms with Crippen LogP contribution in [0.15, 0.2) is 37.1 Å². The van der Waals surface area contributed by atoms with Crippen LogP contribution in [0.3, 0.4) is 0 Å². The Labute approximate surface area is 132 Å². The van der Waals surface area contributed by atoms with Gasteiger partial charge < -0.3 is 10.1 Å². The summed E-state index contributed by atoms with van der Waals surface area (Å²) in [6.45, 7) is 3.09. The number of hydrogen-bond acceptors (Lipinski definition) is 5. The van der Waals surface area contributed by atoms with Crippen molar-refractivity contribution in [2.45, 2.75) is 13.0 Å². The van der Waals surface area contributed by atoms with Gasteiger partial charge in [-0.15, -0.1) is 0 Å². The monoisotopic (exact) mass is 309 g/mol. The van der Waals surface area contributed by atoms with Crippen molar-refractivity contribution in [1.82, 2.24) is 24.8 Å². The van der Waals surface area contributed by atoms with Crippen molar-refractivity contribution >= 4 is 17.1 Å². The summed E-state index contributed by atoms with van der Waals surface area (Å²) in [5, 5.41) is 2.98. The van der Waals surface area contributed by atoms with Gasteiger partial charge in [-0.2, -0.15) is 0 Å². The van der Waals surface area contributed by atoms with E-state index in [2.05, 4.69) is 20.3 Å². The summed E-state index contributed by atoms with van der Waals surface area (Å²) in [4.78, 5) is 25.2. The third kappa shape index (κ3) is 2.35. The van der Waals surface area contributed by atoms with E-state index in [1.165, 1.54) is 6.33 Å². The maximum absolute atomic E-state index is 12.6. The Kier molecular flexibility index (Phi) is 3.27. The number of aryl methyl sites for hydroxylation is 1. The zero-order chi connectivity index (χ0) is 15.8. The molecule has 7 nitrogen and oxygen atoms in total. The van der Waals surface area contributed by atoms with E-state index in [9.17, 15) is 4.79 Å². The highest BCUT2D eigenvalue weighted by molar-refractivity contribution is 5.99. The van der Waals surface area contributed by atoms with Crippen LogP contribution in [0, 0.1) is 6.92 Å². The van der Waals surface area contributed by atoms with Crippen molar-refractivity contribution in [1.29, 1.82) is 0 Å². The second-order valence-corrected chi connectivity index (χ2v) is 5.53. The largest absolute Gasteiger partial charge is 0.377 e. The van der Waals surface area contributed by atoms with Gasteiger partial charge in [0.15, 0.2) is 5.65 Å². The number of amides is 1. The Bertz CT molecular complexity index is 885. The first-order valence-corrected chi connectivity index (χ1v) is 7.35. The molecule has 0 saturated carbocycles. The minimum Gasteiger partial charge on any atom is -0.377 e. The van der Waals surface area contributed by atoms with Crippen LogP contribution in [-0.4, -0.2) is 44.7 Å². The van der Waals surface area contributed by atoms with Crippen LogP contribution in [0.25, 0.3) is 16.9 Å². The van der Waals surface area contributed by atoms with Crippen LogP contribution in [0.4, 0.5) is 0 Å². The molecule has 1 aliphatic heterocycles. The summed E-state index contributed by atoms with van der Waals surface area (Å²) in [6, 6.07) is 5.73. The number of carbonyl (C=O) groups excluding carboxylic acids is 1. The van der Waals surface area contributed by atoms with Crippen molar-refractivity contribution < 1.29 is 9.53 Å². The Hall–Kier alpha value is -2.80. The number of carbonyl (C=O) groups is 1. The lowest BCUT2D eigenvalue weighted by Gasteiger charge is -2.27. The molecule has 23 heavy (non-hydrogen) atoms. The van der Waals surface area contributed by atoms with Crippen molar-refractivity contribution in [3.63, 3.8) is 0 Å². The molecule has 0 aliphatic carbocycles. The van der Waals surface area contributed by atoms with Crippen molar-refractivity contribution in [3.05, 3.63) is 48.2 Å². The standard InChI is InChI=1S/C16H15N5O2/c1-10-3-2-4-12(16(22)20-11-6-23-7-11)14(10)21-9-19-13-5-17-8-18-15(13)21/h2-5,8-9,11H,6-7H2,1H3,(H,20,22). The molecule has 4 rings (SSSR count). The SMILES string of the molecule is Cc1cccc(C(=O)NC2COC2)c1-n1cnc2cncnc21. The molecule has 3 aromatic rings. The lowest BCUT2D eigenvalue weighted by atomic mass is 10.1. The zero-order valence-electron chi connectivity index (χ0n) is 12.6. The quantitative estimate of drug-likeness (QED) is 0.787. The lowest BCUT2D eigenvalue weighted by Crippen LogP contribution is -2.48. The Balaban J connectivity index is 1.82. The molecule has 1 amide bonds. The van der Waals surface area contributed by atoms with E-state index >= 15 is 0 Å². The van der Waals surface area contributed by atoms with E-state index in [4.69, 9.17) is 4.74 Å². The summed E-state index contributed by atoms with van der Waals surface area (Å²) in [7, 11) is 0. The topological polar surface area (TPSA) is 81.9 Å². The number of rotatable bonds is 3. The van der Waals surface area contributed by atoms with Crippen molar-refractivity contribution in [2.75, 3.05) is 13.2 Å². The fourth-order valence-corrected chi connectivity index (χ4v) is 2.67.